The molecule has 0 bridgehead atoms. The number of amides is 2. The summed E-state index contributed by atoms with van der Waals surface area (Å²) in [6.45, 7) is -0.209. The lowest BCUT2D eigenvalue weighted by Gasteiger charge is -2.18. The van der Waals surface area contributed by atoms with Gasteiger partial charge in [-0.15, -0.1) is 0 Å². The molecule has 0 aliphatic rings. The van der Waals surface area contributed by atoms with Crippen molar-refractivity contribution in [2.45, 2.75) is 23.8 Å². The molecule has 1 atom stereocenters. The predicted molar refractivity (Wildman–Crippen MR) is 127 cm³/mol. The van der Waals surface area contributed by atoms with Crippen molar-refractivity contribution in [3.05, 3.63) is 60.2 Å². The Balaban J connectivity index is 2.00. The molecule has 2 aromatic carbocycles. The lowest BCUT2D eigenvalue weighted by Crippen LogP contribution is -2.44. The minimum atomic E-state index is -3.86. The van der Waals surface area contributed by atoms with E-state index in [1.807, 2.05) is 6.26 Å². The van der Waals surface area contributed by atoms with Gasteiger partial charge in [-0.2, -0.15) is 16.5 Å². The summed E-state index contributed by atoms with van der Waals surface area (Å²) in [5.74, 6) is -0.772. The number of hydrogen-bond acceptors (Lipinski definition) is 7. The van der Waals surface area contributed by atoms with E-state index in [1.165, 1.54) is 31.0 Å². The fourth-order valence-electron chi connectivity index (χ4n) is 2.76. The molecular formula is C22H27N3O6S2. The van der Waals surface area contributed by atoms with Crippen LogP contribution in [0.25, 0.3) is 0 Å². The highest BCUT2D eigenvalue weighted by Gasteiger charge is 2.25. The first-order chi connectivity index (χ1) is 15.7. The van der Waals surface area contributed by atoms with Crippen molar-refractivity contribution in [3.8, 4) is 0 Å². The summed E-state index contributed by atoms with van der Waals surface area (Å²) in [5.41, 5.74) is 1.14. The van der Waals surface area contributed by atoms with Crippen LogP contribution in [-0.4, -0.2) is 57.9 Å². The minimum Gasteiger partial charge on any atom is -0.468 e. The van der Waals surface area contributed by atoms with E-state index < -0.39 is 27.9 Å². The molecule has 9 nitrogen and oxygen atoms in total. The van der Waals surface area contributed by atoms with E-state index >= 15 is 0 Å². The van der Waals surface area contributed by atoms with E-state index in [2.05, 4.69) is 20.1 Å². The number of rotatable bonds is 12. The molecule has 0 fully saturated rings. The Morgan fingerprint density at radius 2 is 1.70 bits per heavy atom. The Labute approximate surface area is 197 Å². The van der Waals surface area contributed by atoms with Crippen LogP contribution in [0.2, 0.25) is 0 Å². The standard InChI is InChI=1S/C22H27N3O6S2/c1-31-21(27)15-23-20(26)14-16-8-10-17(11-9-16)24-22(28)19(12-13-32-2)25-33(29,30)18-6-4-3-5-7-18/h3-11,19,25H,12-15H2,1-2H3,(H,23,26)(H,24,28). The van der Waals surface area contributed by atoms with Crippen LogP contribution in [0.15, 0.2) is 59.5 Å². The number of anilines is 1. The maximum Gasteiger partial charge on any atom is 0.325 e. The van der Waals surface area contributed by atoms with E-state index in [-0.39, 0.29) is 23.8 Å². The molecule has 0 aliphatic carbocycles. The van der Waals surface area contributed by atoms with Gasteiger partial charge in [0.05, 0.1) is 18.4 Å². The van der Waals surface area contributed by atoms with E-state index in [0.29, 0.717) is 23.4 Å². The van der Waals surface area contributed by atoms with Crippen LogP contribution in [0.5, 0.6) is 0 Å². The average Bonchev–Trinajstić information content (AvgIpc) is 2.81. The Bertz CT molecular complexity index is 1040. The Morgan fingerprint density at radius 1 is 1.03 bits per heavy atom. The number of methoxy groups -OCH3 is 1. The van der Waals surface area contributed by atoms with Crippen LogP contribution in [0.3, 0.4) is 0 Å². The van der Waals surface area contributed by atoms with Crippen molar-refractivity contribution in [1.82, 2.24) is 10.0 Å². The van der Waals surface area contributed by atoms with Gasteiger partial charge in [0.25, 0.3) is 0 Å². The van der Waals surface area contributed by atoms with Crippen molar-refractivity contribution in [2.24, 2.45) is 0 Å². The van der Waals surface area contributed by atoms with E-state index in [9.17, 15) is 22.8 Å². The van der Waals surface area contributed by atoms with Gasteiger partial charge in [-0.3, -0.25) is 14.4 Å². The molecule has 1 unspecified atom stereocenters. The molecule has 0 aromatic heterocycles. The largest absolute Gasteiger partial charge is 0.468 e. The quantitative estimate of drug-likeness (QED) is 0.383. The van der Waals surface area contributed by atoms with Gasteiger partial charge < -0.3 is 15.4 Å². The highest BCUT2D eigenvalue weighted by Crippen LogP contribution is 2.14. The Kier molecular flexibility index (Phi) is 10.4. The molecule has 2 amide bonds. The third-order valence-corrected chi connectivity index (χ3v) is 6.65. The lowest BCUT2D eigenvalue weighted by molar-refractivity contribution is -0.141. The second-order valence-corrected chi connectivity index (χ2v) is 9.68. The summed E-state index contributed by atoms with van der Waals surface area (Å²) in [4.78, 5) is 35.9. The number of carbonyl (C=O) groups excluding carboxylic acids is 3. The van der Waals surface area contributed by atoms with E-state index in [4.69, 9.17) is 0 Å². The molecule has 2 rings (SSSR count). The van der Waals surface area contributed by atoms with E-state index in [0.717, 1.165) is 0 Å². The van der Waals surface area contributed by atoms with Gasteiger partial charge in [0.15, 0.2) is 0 Å². The third-order valence-electron chi connectivity index (χ3n) is 4.52. The number of carbonyl (C=O) groups is 3. The van der Waals surface area contributed by atoms with Gasteiger partial charge in [0.1, 0.15) is 12.6 Å². The van der Waals surface area contributed by atoms with Crippen molar-refractivity contribution in [1.29, 1.82) is 0 Å². The van der Waals surface area contributed by atoms with Crippen molar-refractivity contribution >= 4 is 45.3 Å². The Hall–Kier alpha value is -2.89. The molecule has 0 saturated heterocycles. The van der Waals surface area contributed by atoms with E-state index in [1.54, 1.807) is 42.5 Å². The zero-order valence-electron chi connectivity index (χ0n) is 18.4. The number of benzene rings is 2. The predicted octanol–water partition coefficient (Wildman–Crippen LogP) is 1.56. The summed E-state index contributed by atoms with van der Waals surface area (Å²) < 4.78 is 32.3. The number of thioether (sulfide) groups is 1. The average molecular weight is 494 g/mol. The summed E-state index contributed by atoms with van der Waals surface area (Å²) in [6.07, 6.45) is 2.25. The SMILES string of the molecule is COC(=O)CNC(=O)Cc1ccc(NC(=O)C(CCSC)NS(=O)(=O)c2ccccc2)cc1. The molecule has 33 heavy (non-hydrogen) atoms. The van der Waals surface area contributed by atoms with Crippen LogP contribution in [0, 0.1) is 0 Å². The van der Waals surface area contributed by atoms with Gasteiger partial charge in [-0.1, -0.05) is 30.3 Å². The summed E-state index contributed by atoms with van der Waals surface area (Å²) in [7, 11) is -2.62. The Morgan fingerprint density at radius 3 is 2.30 bits per heavy atom. The molecule has 0 spiro atoms. The molecule has 2 aromatic rings. The van der Waals surface area contributed by atoms with Crippen LogP contribution >= 0.6 is 11.8 Å². The first kappa shape index (κ1) is 26.4. The van der Waals surface area contributed by atoms with Crippen LogP contribution < -0.4 is 15.4 Å². The number of ether oxygens (including phenoxy) is 1. The molecule has 0 radical (unpaired) electrons. The van der Waals surface area contributed by atoms with Crippen LogP contribution in [0.4, 0.5) is 5.69 Å². The van der Waals surface area contributed by atoms with Gasteiger partial charge in [0, 0.05) is 5.69 Å². The van der Waals surface area contributed by atoms with Gasteiger partial charge in [0.2, 0.25) is 21.8 Å². The summed E-state index contributed by atoms with van der Waals surface area (Å²) >= 11 is 1.51. The summed E-state index contributed by atoms with van der Waals surface area (Å²) in [5, 5.41) is 5.16. The van der Waals surface area contributed by atoms with Crippen LogP contribution in [0.1, 0.15) is 12.0 Å². The molecule has 11 heteroatoms. The zero-order chi connectivity index (χ0) is 24.3. The molecule has 178 valence electrons. The summed E-state index contributed by atoms with van der Waals surface area (Å²) in [6, 6.07) is 13.5. The zero-order valence-corrected chi connectivity index (χ0v) is 20.0. The number of nitrogens with one attached hydrogen (secondary N) is 3. The minimum absolute atomic E-state index is 0.0540. The number of esters is 1. The van der Waals surface area contributed by atoms with Gasteiger partial charge >= 0.3 is 5.97 Å². The molecule has 0 saturated carbocycles. The number of sulfonamides is 1. The van der Waals surface area contributed by atoms with Crippen molar-refractivity contribution in [3.63, 3.8) is 0 Å². The highest BCUT2D eigenvalue weighted by atomic mass is 32.2. The van der Waals surface area contributed by atoms with Crippen molar-refractivity contribution < 1.29 is 27.5 Å². The van der Waals surface area contributed by atoms with Gasteiger partial charge in [-0.05, 0) is 48.3 Å². The highest BCUT2D eigenvalue weighted by molar-refractivity contribution is 7.98. The normalized spacial score (nSPS) is 11.9. The molecule has 3 N–H and O–H groups in total. The topological polar surface area (TPSA) is 131 Å². The molecular weight excluding hydrogens is 466 g/mol. The van der Waals surface area contributed by atoms with Crippen molar-refractivity contribution in [2.75, 3.05) is 31.0 Å². The maximum absolute atomic E-state index is 12.8. The first-order valence-corrected chi connectivity index (χ1v) is 12.9. The first-order valence-electron chi connectivity index (χ1n) is 10.0. The maximum atomic E-state index is 12.8. The fraction of sp³-hybridized carbons (Fsp3) is 0.318. The smallest absolute Gasteiger partial charge is 0.325 e. The second-order valence-electron chi connectivity index (χ2n) is 6.98. The molecule has 0 heterocycles. The van der Waals surface area contributed by atoms with Crippen LogP contribution in [-0.2, 0) is 35.6 Å². The monoisotopic (exact) mass is 493 g/mol. The third kappa shape index (κ3) is 8.87. The fourth-order valence-corrected chi connectivity index (χ4v) is 4.48. The number of hydrogen-bond donors (Lipinski definition) is 3. The van der Waals surface area contributed by atoms with Gasteiger partial charge in [-0.25, -0.2) is 8.42 Å². The lowest BCUT2D eigenvalue weighted by atomic mass is 10.1. The second kappa shape index (κ2) is 13.0. The molecule has 0 aliphatic heterocycles.